The fraction of sp³-hybridized carbons (Fsp3) is 0.562. The number of unbranched alkanes of at least 4 members (excludes halogenated alkanes) is 1. The first-order valence-electron chi connectivity index (χ1n) is 7.24. The van der Waals surface area contributed by atoms with Gasteiger partial charge in [0.2, 0.25) is 0 Å². The van der Waals surface area contributed by atoms with Gasteiger partial charge in [0.15, 0.2) is 0 Å². The van der Waals surface area contributed by atoms with E-state index < -0.39 is 0 Å². The van der Waals surface area contributed by atoms with Crippen LogP contribution in [0.1, 0.15) is 42.1 Å². The molecule has 1 aliphatic heterocycles. The lowest BCUT2D eigenvalue weighted by atomic mass is 10.1. The molecule has 1 aromatic carbocycles. The van der Waals surface area contributed by atoms with Gasteiger partial charge in [0.25, 0.3) is 5.91 Å². The highest BCUT2D eigenvalue weighted by Gasteiger charge is 2.16. The fourth-order valence-corrected chi connectivity index (χ4v) is 2.29. The van der Waals surface area contributed by atoms with Crippen molar-refractivity contribution in [2.24, 2.45) is 5.92 Å². The lowest BCUT2D eigenvalue weighted by Crippen LogP contribution is -2.29. The zero-order valence-electron chi connectivity index (χ0n) is 11.7. The number of ether oxygens (including phenoxy) is 1. The van der Waals surface area contributed by atoms with E-state index in [1.54, 1.807) is 0 Å². The first-order chi connectivity index (χ1) is 9.29. The van der Waals surface area contributed by atoms with E-state index in [2.05, 4.69) is 24.4 Å². The van der Waals surface area contributed by atoms with Crippen molar-refractivity contribution in [3.63, 3.8) is 0 Å². The summed E-state index contributed by atoms with van der Waals surface area (Å²) in [7, 11) is 0. The summed E-state index contributed by atoms with van der Waals surface area (Å²) >= 11 is 0. The molecule has 0 aromatic heterocycles. The van der Waals surface area contributed by atoms with Crippen molar-refractivity contribution in [3.05, 3.63) is 35.4 Å². The highest BCUT2D eigenvalue weighted by atomic mass is 16.5. The van der Waals surface area contributed by atoms with Crippen LogP contribution in [0, 0.1) is 5.92 Å². The summed E-state index contributed by atoms with van der Waals surface area (Å²) in [6.07, 6.45) is 4.55. The molecule has 19 heavy (non-hydrogen) atoms. The second-order valence-corrected chi connectivity index (χ2v) is 5.24. The van der Waals surface area contributed by atoms with E-state index in [9.17, 15) is 4.79 Å². The minimum atomic E-state index is 0.0222. The molecule has 0 spiro atoms. The van der Waals surface area contributed by atoms with Crippen molar-refractivity contribution in [1.29, 1.82) is 0 Å². The Morgan fingerprint density at radius 2 is 2.16 bits per heavy atom. The van der Waals surface area contributed by atoms with Crippen LogP contribution in [-0.2, 0) is 11.2 Å². The van der Waals surface area contributed by atoms with E-state index in [4.69, 9.17) is 4.74 Å². The largest absolute Gasteiger partial charge is 0.381 e. The smallest absolute Gasteiger partial charge is 0.251 e. The summed E-state index contributed by atoms with van der Waals surface area (Å²) in [4.78, 5) is 12.0. The molecule has 1 fully saturated rings. The molecule has 3 nitrogen and oxygen atoms in total. The fourth-order valence-electron chi connectivity index (χ4n) is 2.29. The molecular weight excluding hydrogens is 238 g/mol. The normalized spacial score (nSPS) is 18.5. The molecular formula is C16H23NO2. The van der Waals surface area contributed by atoms with Gasteiger partial charge in [-0.25, -0.2) is 0 Å². The van der Waals surface area contributed by atoms with Crippen LogP contribution in [0.15, 0.2) is 24.3 Å². The Kier molecular flexibility index (Phi) is 5.40. The van der Waals surface area contributed by atoms with Gasteiger partial charge in [-0.1, -0.05) is 25.5 Å². The van der Waals surface area contributed by atoms with Crippen LogP contribution in [0.4, 0.5) is 0 Å². The Morgan fingerprint density at radius 3 is 2.79 bits per heavy atom. The van der Waals surface area contributed by atoms with Crippen molar-refractivity contribution in [1.82, 2.24) is 5.32 Å². The van der Waals surface area contributed by atoms with Crippen LogP contribution in [0.5, 0.6) is 0 Å². The summed E-state index contributed by atoms with van der Waals surface area (Å²) in [6.45, 7) is 4.51. The van der Waals surface area contributed by atoms with Crippen LogP contribution in [-0.4, -0.2) is 25.7 Å². The van der Waals surface area contributed by atoms with Crippen molar-refractivity contribution in [3.8, 4) is 0 Å². The molecule has 1 amide bonds. The van der Waals surface area contributed by atoms with E-state index in [-0.39, 0.29) is 5.91 Å². The third-order valence-electron chi connectivity index (χ3n) is 3.61. The molecule has 2 rings (SSSR count). The molecule has 1 aliphatic rings. The molecule has 104 valence electrons. The molecule has 0 unspecified atom stereocenters. The Balaban J connectivity index is 1.81. The van der Waals surface area contributed by atoms with Gasteiger partial charge < -0.3 is 10.1 Å². The first kappa shape index (κ1) is 14.1. The van der Waals surface area contributed by atoms with Gasteiger partial charge in [0, 0.05) is 24.6 Å². The predicted octanol–water partition coefficient (Wildman–Crippen LogP) is 2.80. The quantitative estimate of drug-likeness (QED) is 0.855. The maximum Gasteiger partial charge on any atom is 0.251 e. The summed E-state index contributed by atoms with van der Waals surface area (Å²) in [5, 5.41) is 2.98. The number of nitrogens with one attached hydrogen (secondary N) is 1. The number of hydrogen-bond acceptors (Lipinski definition) is 2. The van der Waals surface area contributed by atoms with Crippen molar-refractivity contribution < 1.29 is 9.53 Å². The molecule has 0 aliphatic carbocycles. The van der Waals surface area contributed by atoms with Crippen molar-refractivity contribution >= 4 is 5.91 Å². The molecule has 0 bridgehead atoms. The summed E-state index contributed by atoms with van der Waals surface area (Å²) in [5.74, 6) is 0.502. The Morgan fingerprint density at radius 1 is 1.37 bits per heavy atom. The lowest BCUT2D eigenvalue weighted by molar-refractivity contribution is 0.0945. The van der Waals surface area contributed by atoms with Crippen molar-refractivity contribution in [2.75, 3.05) is 19.8 Å². The van der Waals surface area contributed by atoms with E-state index in [0.717, 1.165) is 38.2 Å². The molecule has 1 heterocycles. The number of carbonyl (C=O) groups is 1. The van der Waals surface area contributed by atoms with Gasteiger partial charge in [-0.2, -0.15) is 0 Å². The van der Waals surface area contributed by atoms with Gasteiger partial charge >= 0.3 is 0 Å². The number of benzene rings is 1. The van der Waals surface area contributed by atoms with Gasteiger partial charge in [-0.15, -0.1) is 0 Å². The third kappa shape index (κ3) is 4.35. The van der Waals surface area contributed by atoms with Crippen molar-refractivity contribution in [2.45, 2.75) is 32.6 Å². The Bertz CT molecular complexity index is 394. The van der Waals surface area contributed by atoms with Crippen LogP contribution in [0.25, 0.3) is 0 Å². The Labute approximate surface area is 115 Å². The molecule has 1 atom stereocenters. The van der Waals surface area contributed by atoms with E-state index >= 15 is 0 Å². The average molecular weight is 261 g/mol. The average Bonchev–Trinajstić information content (AvgIpc) is 2.96. The highest BCUT2D eigenvalue weighted by Crippen LogP contribution is 2.11. The molecule has 1 saturated heterocycles. The van der Waals surface area contributed by atoms with E-state index in [1.807, 2.05) is 12.1 Å². The number of amides is 1. The molecule has 1 aromatic rings. The highest BCUT2D eigenvalue weighted by molar-refractivity contribution is 5.94. The predicted molar refractivity (Wildman–Crippen MR) is 76.3 cm³/mol. The molecule has 3 heteroatoms. The SMILES string of the molecule is CCCCc1ccc(C(=O)NC[C@@H]2CCOC2)cc1. The minimum absolute atomic E-state index is 0.0222. The first-order valence-corrected chi connectivity index (χ1v) is 7.24. The topological polar surface area (TPSA) is 38.3 Å². The van der Waals surface area contributed by atoms with Gasteiger partial charge in [-0.05, 0) is 37.0 Å². The number of rotatable bonds is 6. The monoisotopic (exact) mass is 261 g/mol. The Hall–Kier alpha value is -1.35. The van der Waals surface area contributed by atoms with Crippen LogP contribution >= 0.6 is 0 Å². The van der Waals surface area contributed by atoms with Gasteiger partial charge in [0.05, 0.1) is 6.61 Å². The van der Waals surface area contributed by atoms with Crippen LogP contribution < -0.4 is 5.32 Å². The second kappa shape index (κ2) is 7.29. The summed E-state index contributed by atoms with van der Waals surface area (Å²) in [5.41, 5.74) is 2.06. The molecule has 1 N–H and O–H groups in total. The number of carbonyl (C=O) groups excluding carboxylic acids is 1. The number of hydrogen-bond donors (Lipinski definition) is 1. The van der Waals surface area contributed by atoms with Crippen LogP contribution in [0.3, 0.4) is 0 Å². The maximum atomic E-state index is 12.0. The third-order valence-corrected chi connectivity index (χ3v) is 3.61. The molecule has 0 radical (unpaired) electrons. The number of aryl methyl sites for hydroxylation is 1. The summed E-state index contributed by atoms with van der Waals surface area (Å²) in [6, 6.07) is 7.96. The standard InChI is InChI=1S/C16H23NO2/c1-2-3-4-13-5-7-15(8-6-13)16(18)17-11-14-9-10-19-12-14/h5-8,14H,2-4,9-12H2,1H3,(H,17,18)/t14-/m0/s1. The zero-order valence-corrected chi connectivity index (χ0v) is 11.7. The van der Waals surface area contributed by atoms with Gasteiger partial charge in [-0.3, -0.25) is 4.79 Å². The maximum absolute atomic E-state index is 12.0. The van der Waals surface area contributed by atoms with Crippen LogP contribution in [0.2, 0.25) is 0 Å². The minimum Gasteiger partial charge on any atom is -0.381 e. The molecule has 0 saturated carbocycles. The van der Waals surface area contributed by atoms with E-state index in [0.29, 0.717) is 5.92 Å². The zero-order chi connectivity index (χ0) is 13.5. The second-order valence-electron chi connectivity index (χ2n) is 5.24. The van der Waals surface area contributed by atoms with E-state index in [1.165, 1.54) is 18.4 Å². The van der Waals surface area contributed by atoms with Gasteiger partial charge in [0.1, 0.15) is 0 Å². The summed E-state index contributed by atoms with van der Waals surface area (Å²) < 4.78 is 5.30. The lowest BCUT2D eigenvalue weighted by Gasteiger charge is -2.09.